The molecule has 0 aliphatic heterocycles. The standard InChI is InChI=1S/C21H24N4/c1-2-3-5-12-18(15-17-10-6-4-7-11-17)16-22-25-21-23-19-13-8-9-14-20(19)24-21/h4,6-11,13-16H,2-3,5,12H2,1H3,(H2,23,24,25). The number of hydrazone groups is 1. The van der Waals surface area contributed by atoms with E-state index in [2.05, 4.69) is 57.8 Å². The van der Waals surface area contributed by atoms with Crippen LogP contribution in [0.25, 0.3) is 17.1 Å². The van der Waals surface area contributed by atoms with Crippen LogP contribution in [0.1, 0.15) is 38.2 Å². The summed E-state index contributed by atoms with van der Waals surface area (Å²) in [5.74, 6) is 0.657. The third kappa shape index (κ3) is 5.05. The van der Waals surface area contributed by atoms with Gasteiger partial charge in [0.15, 0.2) is 0 Å². The smallest absolute Gasteiger partial charge is 0.222 e. The van der Waals surface area contributed by atoms with Gasteiger partial charge in [0, 0.05) is 0 Å². The average Bonchev–Trinajstić information content (AvgIpc) is 3.05. The van der Waals surface area contributed by atoms with Gasteiger partial charge in [-0.3, -0.25) is 0 Å². The summed E-state index contributed by atoms with van der Waals surface area (Å²) in [6, 6.07) is 18.3. The monoisotopic (exact) mass is 332 g/mol. The predicted octanol–water partition coefficient (Wildman–Crippen LogP) is 5.62. The zero-order valence-electron chi connectivity index (χ0n) is 14.6. The Hall–Kier alpha value is -2.88. The summed E-state index contributed by atoms with van der Waals surface area (Å²) < 4.78 is 0. The van der Waals surface area contributed by atoms with Gasteiger partial charge in [-0.1, -0.05) is 68.3 Å². The number of anilines is 1. The number of rotatable bonds is 8. The number of nitrogens with one attached hydrogen (secondary N) is 2. The van der Waals surface area contributed by atoms with Crippen LogP contribution >= 0.6 is 0 Å². The highest BCUT2D eigenvalue weighted by Crippen LogP contribution is 2.14. The Morgan fingerprint density at radius 2 is 1.88 bits per heavy atom. The van der Waals surface area contributed by atoms with Crippen molar-refractivity contribution in [3.8, 4) is 0 Å². The van der Waals surface area contributed by atoms with Gasteiger partial charge in [-0.2, -0.15) is 5.10 Å². The lowest BCUT2D eigenvalue weighted by Gasteiger charge is -2.02. The van der Waals surface area contributed by atoms with Crippen molar-refractivity contribution >= 4 is 29.3 Å². The molecule has 0 amide bonds. The molecule has 0 aliphatic carbocycles. The second-order valence-electron chi connectivity index (χ2n) is 6.06. The maximum atomic E-state index is 4.47. The number of H-pyrrole nitrogens is 1. The number of para-hydroxylation sites is 2. The van der Waals surface area contributed by atoms with Gasteiger partial charge in [-0.05, 0) is 36.1 Å². The van der Waals surface area contributed by atoms with Gasteiger partial charge in [0.1, 0.15) is 0 Å². The molecule has 0 atom stereocenters. The van der Waals surface area contributed by atoms with Crippen molar-refractivity contribution in [3.05, 3.63) is 65.7 Å². The fourth-order valence-electron chi connectivity index (χ4n) is 2.70. The molecule has 0 radical (unpaired) electrons. The Bertz CT molecular complexity index is 813. The average molecular weight is 332 g/mol. The molecule has 0 aliphatic rings. The first-order valence-electron chi connectivity index (χ1n) is 8.84. The highest BCUT2D eigenvalue weighted by atomic mass is 15.3. The number of nitrogens with zero attached hydrogens (tertiary/aromatic N) is 2. The second kappa shape index (κ2) is 8.83. The van der Waals surface area contributed by atoms with E-state index in [9.17, 15) is 0 Å². The highest BCUT2D eigenvalue weighted by molar-refractivity contribution is 5.86. The largest absolute Gasteiger partial charge is 0.323 e. The van der Waals surface area contributed by atoms with E-state index in [1.807, 2.05) is 36.5 Å². The maximum absolute atomic E-state index is 4.47. The highest BCUT2D eigenvalue weighted by Gasteiger charge is 2.00. The first-order chi connectivity index (χ1) is 12.3. The van der Waals surface area contributed by atoms with E-state index in [4.69, 9.17) is 0 Å². The van der Waals surface area contributed by atoms with E-state index >= 15 is 0 Å². The Morgan fingerprint density at radius 1 is 1.08 bits per heavy atom. The fraction of sp³-hybridized carbons (Fsp3) is 0.238. The number of hydrogen-bond donors (Lipinski definition) is 2. The molecule has 25 heavy (non-hydrogen) atoms. The summed E-state index contributed by atoms with van der Waals surface area (Å²) in [4.78, 5) is 7.68. The van der Waals surface area contributed by atoms with Crippen LogP contribution < -0.4 is 5.43 Å². The van der Waals surface area contributed by atoms with Crippen LogP contribution in [0.5, 0.6) is 0 Å². The molecular formula is C21H24N4. The third-order valence-electron chi connectivity index (χ3n) is 4.01. The van der Waals surface area contributed by atoms with Crippen LogP contribution in [0.2, 0.25) is 0 Å². The predicted molar refractivity (Wildman–Crippen MR) is 107 cm³/mol. The Kier molecular flexibility index (Phi) is 5.99. The van der Waals surface area contributed by atoms with Crippen molar-refractivity contribution in [3.63, 3.8) is 0 Å². The van der Waals surface area contributed by atoms with Gasteiger partial charge < -0.3 is 4.98 Å². The van der Waals surface area contributed by atoms with Crippen molar-refractivity contribution in [1.82, 2.24) is 9.97 Å². The SMILES string of the molecule is CCCCCC(C=NNc1nc2ccccc2[nH]1)=Cc1ccccc1. The molecule has 4 nitrogen and oxygen atoms in total. The normalized spacial score (nSPS) is 12.1. The second-order valence-corrected chi connectivity index (χ2v) is 6.06. The van der Waals surface area contributed by atoms with Gasteiger partial charge in [-0.25, -0.2) is 10.4 Å². The van der Waals surface area contributed by atoms with Gasteiger partial charge in [-0.15, -0.1) is 0 Å². The van der Waals surface area contributed by atoms with Gasteiger partial charge in [0.05, 0.1) is 17.2 Å². The lowest BCUT2D eigenvalue weighted by molar-refractivity contribution is 0.724. The first-order valence-corrected chi connectivity index (χ1v) is 8.84. The number of imidazole rings is 1. The summed E-state index contributed by atoms with van der Waals surface area (Å²) in [7, 11) is 0. The van der Waals surface area contributed by atoms with Crippen molar-refractivity contribution in [2.24, 2.45) is 5.10 Å². The molecule has 1 heterocycles. The van der Waals surface area contributed by atoms with Gasteiger partial charge >= 0.3 is 0 Å². The molecule has 0 unspecified atom stereocenters. The van der Waals surface area contributed by atoms with E-state index in [0.717, 1.165) is 17.5 Å². The topological polar surface area (TPSA) is 53.1 Å². The minimum absolute atomic E-state index is 0.657. The van der Waals surface area contributed by atoms with Gasteiger partial charge in [0.25, 0.3) is 0 Å². The molecule has 2 aromatic carbocycles. The molecule has 0 bridgehead atoms. The van der Waals surface area contributed by atoms with Crippen molar-refractivity contribution < 1.29 is 0 Å². The van der Waals surface area contributed by atoms with E-state index in [0.29, 0.717) is 5.95 Å². The van der Waals surface area contributed by atoms with Crippen LogP contribution in [-0.2, 0) is 0 Å². The van der Waals surface area contributed by atoms with Crippen LogP contribution in [-0.4, -0.2) is 16.2 Å². The lowest BCUT2D eigenvalue weighted by atomic mass is 10.1. The number of hydrogen-bond acceptors (Lipinski definition) is 3. The number of allylic oxidation sites excluding steroid dienone is 1. The van der Waals surface area contributed by atoms with Crippen molar-refractivity contribution in [2.45, 2.75) is 32.6 Å². The molecular weight excluding hydrogens is 308 g/mol. The summed E-state index contributed by atoms with van der Waals surface area (Å²) in [5.41, 5.74) is 7.35. The summed E-state index contributed by atoms with van der Waals surface area (Å²) >= 11 is 0. The molecule has 128 valence electrons. The first kappa shape index (κ1) is 17.0. The molecule has 0 saturated carbocycles. The number of benzene rings is 2. The Balaban J connectivity index is 1.69. The molecule has 3 aromatic rings. The summed E-state index contributed by atoms with van der Waals surface area (Å²) in [5, 5.41) is 4.38. The fourth-order valence-corrected chi connectivity index (χ4v) is 2.70. The van der Waals surface area contributed by atoms with Gasteiger partial charge in [0.2, 0.25) is 5.95 Å². The molecule has 0 fully saturated rings. The Labute approximate surface area is 148 Å². The minimum atomic E-state index is 0.657. The molecule has 4 heteroatoms. The van der Waals surface area contributed by atoms with Crippen molar-refractivity contribution in [2.75, 3.05) is 5.43 Å². The minimum Gasteiger partial charge on any atom is -0.323 e. The molecule has 0 spiro atoms. The zero-order chi connectivity index (χ0) is 17.3. The number of aromatic amines is 1. The van der Waals surface area contributed by atoms with Crippen LogP contribution in [0.3, 0.4) is 0 Å². The van der Waals surface area contributed by atoms with Crippen LogP contribution in [0.15, 0.2) is 65.3 Å². The van der Waals surface area contributed by atoms with E-state index < -0.39 is 0 Å². The molecule has 1 aromatic heterocycles. The zero-order valence-corrected chi connectivity index (χ0v) is 14.6. The maximum Gasteiger partial charge on any atom is 0.222 e. The molecule has 2 N–H and O–H groups in total. The van der Waals surface area contributed by atoms with Crippen LogP contribution in [0, 0.1) is 0 Å². The molecule has 3 rings (SSSR count). The van der Waals surface area contributed by atoms with Crippen molar-refractivity contribution in [1.29, 1.82) is 0 Å². The molecule has 0 saturated heterocycles. The Morgan fingerprint density at radius 3 is 2.68 bits per heavy atom. The lowest BCUT2D eigenvalue weighted by Crippen LogP contribution is -1.94. The quantitative estimate of drug-likeness (QED) is 0.319. The summed E-state index contributed by atoms with van der Waals surface area (Å²) in [6.07, 6.45) is 8.74. The van der Waals surface area contributed by atoms with E-state index in [1.54, 1.807) is 0 Å². The van der Waals surface area contributed by atoms with E-state index in [1.165, 1.54) is 30.4 Å². The number of aromatic nitrogens is 2. The summed E-state index contributed by atoms with van der Waals surface area (Å²) in [6.45, 7) is 2.22. The third-order valence-corrected chi connectivity index (χ3v) is 4.01. The number of fused-ring (bicyclic) bond motifs is 1. The van der Waals surface area contributed by atoms with Crippen LogP contribution in [0.4, 0.5) is 5.95 Å². The van der Waals surface area contributed by atoms with E-state index in [-0.39, 0.29) is 0 Å². The number of unbranched alkanes of at least 4 members (excludes halogenated alkanes) is 2.